The molecular weight excluding hydrogens is 500 g/mol. The van der Waals surface area contributed by atoms with Crippen molar-refractivity contribution in [1.29, 1.82) is 0 Å². The first-order valence-electron chi connectivity index (χ1n) is 10.0. The Balaban J connectivity index is 1.67. The van der Waals surface area contributed by atoms with Crippen LogP contribution in [0.1, 0.15) is 45.9 Å². The van der Waals surface area contributed by atoms with Gasteiger partial charge in [0, 0.05) is 33.7 Å². The maximum atomic E-state index is 4.26. The first kappa shape index (κ1) is 19.7. The van der Waals surface area contributed by atoms with Crippen molar-refractivity contribution in [2.45, 2.75) is 23.7 Å². The smallest absolute Gasteiger partial charge is 0.0270 e. The molecule has 0 radical (unpaired) electrons. The van der Waals surface area contributed by atoms with Gasteiger partial charge in [-0.15, -0.1) is 0 Å². The predicted molar refractivity (Wildman–Crippen MR) is 128 cm³/mol. The van der Waals surface area contributed by atoms with Crippen LogP contribution in [-0.4, -0.2) is 9.97 Å². The molecule has 30 heavy (non-hydrogen) atoms. The lowest BCUT2D eigenvalue weighted by molar-refractivity contribution is 0.228. The summed E-state index contributed by atoms with van der Waals surface area (Å²) >= 11 is 7.18. The Morgan fingerprint density at radius 2 is 0.667 bits per heavy atom. The van der Waals surface area contributed by atoms with Gasteiger partial charge in [-0.1, -0.05) is 56.1 Å². The van der Waals surface area contributed by atoms with Crippen LogP contribution in [0.25, 0.3) is 0 Å². The fourth-order valence-corrected chi connectivity index (χ4v) is 5.48. The van der Waals surface area contributed by atoms with Crippen molar-refractivity contribution < 1.29 is 0 Å². The summed E-state index contributed by atoms with van der Waals surface area (Å²) < 4.78 is 2.21. The second-order valence-corrected chi connectivity index (χ2v) is 9.60. The van der Waals surface area contributed by atoms with Crippen LogP contribution in [0, 0.1) is 0 Å². The van der Waals surface area contributed by atoms with Gasteiger partial charge in [-0.05, 0) is 94.5 Å². The summed E-state index contributed by atoms with van der Waals surface area (Å²) in [6.07, 6.45) is 7.64. The highest BCUT2D eigenvalue weighted by Gasteiger charge is 2.52. The Bertz CT molecular complexity index is 1010. The van der Waals surface area contributed by atoms with Gasteiger partial charge in [-0.25, -0.2) is 0 Å². The third-order valence-corrected chi connectivity index (χ3v) is 7.30. The Kier molecular flexibility index (Phi) is 5.53. The largest absolute Gasteiger partial charge is 0.265 e. The van der Waals surface area contributed by atoms with E-state index in [-0.39, 0.29) is 0 Å². The van der Waals surface area contributed by atoms with E-state index in [0.29, 0.717) is 23.7 Å². The maximum Gasteiger partial charge on any atom is 0.0270 e. The van der Waals surface area contributed by atoms with Crippen LogP contribution in [0.5, 0.6) is 0 Å². The summed E-state index contributed by atoms with van der Waals surface area (Å²) in [7, 11) is 0. The van der Waals surface area contributed by atoms with E-state index in [1.54, 1.807) is 0 Å². The molecule has 0 N–H and O–H groups in total. The minimum Gasteiger partial charge on any atom is -0.265 e. The van der Waals surface area contributed by atoms with Crippen molar-refractivity contribution >= 4 is 31.9 Å². The average molecular weight is 520 g/mol. The SMILES string of the molecule is Brc1ccc(C2C(c3ccncc3)C(c3ccc(Br)cc3)C2c2ccncc2)cc1. The molecule has 0 aliphatic heterocycles. The standard InChI is InChI=1S/C26H20Br2N2/c27-21-5-1-17(2-6-21)23-25(19-9-13-29-14-10-19)24(18-3-7-22(28)8-4-18)26(23)20-11-15-30-16-12-20/h1-16,23-26H. The second-order valence-electron chi connectivity index (χ2n) is 7.77. The van der Waals surface area contributed by atoms with Gasteiger partial charge in [-0.3, -0.25) is 9.97 Å². The average Bonchev–Trinajstić information content (AvgIpc) is 2.77. The Morgan fingerprint density at radius 3 is 0.967 bits per heavy atom. The maximum absolute atomic E-state index is 4.26. The van der Waals surface area contributed by atoms with Crippen LogP contribution in [0.15, 0.2) is 107 Å². The zero-order chi connectivity index (χ0) is 20.5. The van der Waals surface area contributed by atoms with Gasteiger partial charge in [0.25, 0.3) is 0 Å². The highest BCUT2D eigenvalue weighted by atomic mass is 79.9. The van der Waals surface area contributed by atoms with Gasteiger partial charge < -0.3 is 0 Å². The van der Waals surface area contributed by atoms with E-state index in [2.05, 4.69) is 115 Å². The van der Waals surface area contributed by atoms with Crippen LogP contribution < -0.4 is 0 Å². The summed E-state index contributed by atoms with van der Waals surface area (Å²) in [5.74, 6) is 1.54. The fraction of sp³-hybridized carbons (Fsp3) is 0.154. The molecule has 0 spiro atoms. The van der Waals surface area contributed by atoms with Crippen molar-refractivity contribution in [3.05, 3.63) is 129 Å². The van der Waals surface area contributed by atoms with Gasteiger partial charge in [-0.2, -0.15) is 0 Å². The molecule has 0 atom stereocenters. The molecule has 148 valence electrons. The minimum absolute atomic E-state index is 0.383. The van der Waals surface area contributed by atoms with Gasteiger partial charge in [0.1, 0.15) is 0 Å². The van der Waals surface area contributed by atoms with Crippen molar-refractivity contribution in [2.75, 3.05) is 0 Å². The number of benzene rings is 2. The highest BCUT2D eigenvalue weighted by Crippen LogP contribution is 2.66. The molecule has 0 bridgehead atoms. The predicted octanol–water partition coefficient (Wildman–Crippen LogP) is 7.45. The number of halogens is 2. The Hall–Kier alpha value is -2.30. The van der Waals surface area contributed by atoms with Gasteiger partial charge in [0.2, 0.25) is 0 Å². The molecule has 2 aromatic carbocycles. The molecule has 1 fully saturated rings. The van der Waals surface area contributed by atoms with Crippen molar-refractivity contribution in [1.82, 2.24) is 9.97 Å². The van der Waals surface area contributed by atoms with Crippen LogP contribution in [0.4, 0.5) is 0 Å². The van der Waals surface area contributed by atoms with Crippen LogP contribution in [-0.2, 0) is 0 Å². The lowest BCUT2D eigenvalue weighted by Gasteiger charge is -2.53. The molecule has 2 heterocycles. The third-order valence-electron chi connectivity index (χ3n) is 6.24. The molecule has 2 nitrogen and oxygen atoms in total. The first-order chi connectivity index (χ1) is 14.7. The molecule has 4 heteroatoms. The van der Waals surface area contributed by atoms with E-state index in [1.165, 1.54) is 22.3 Å². The van der Waals surface area contributed by atoms with Crippen LogP contribution in [0.3, 0.4) is 0 Å². The topological polar surface area (TPSA) is 25.8 Å². The second kappa shape index (κ2) is 8.44. The van der Waals surface area contributed by atoms with Crippen molar-refractivity contribution in [2.24, 2.45) is 0 Å². The van der Waals surface area contributed by atoms with Crippen molar-refractivity contribution in [3.8, 4) is 0 Å². The fourth-order valence-electron chi connectivity index (χ4n) is 4.95. The summed E-state index contributed by atoms with van der Waals surface area (Å²) in [6.45, 7) is 0. The number of rotatable bonds is 4. The Labute approximate surface area is 193 Å². The molecule has 4 aromatic rings. The van der Waals surface area contributed by atoms with E-state index in [1.807, 2.05) is 24.8 Å². The summed E-state index contributed by atoms with van der Waals surface area (Å²) in [4.78, 5) is 8.52. The van der Waals surface area contributed by atoms with E-state index < -0.39 is 0 Å². The summed E-state index contributed by atoms with van der Waals surface area (Å²) in [5.41, 5.74) is 5.43. The Morgan fingerprint density at radius 1 is 0.400 bits per heavy atom. The zero-order valence-corrected chi connectivity index (χ0v) is 19.4. The third kappa shape index (κ3) is 3.63. The minimum atomic E-state index is 0.383. The number of nitrogens with zero attached hydrogens (tertiary/aromatic N) is 2. The molecular formula is C26H20Br2N2. The lowest BCUT2D eigenvalue weighted by atomic mass is 9.49. The van der Waals surface area contributed by atoms with E-state index in [4.69, 9.17) is 0 Å². The molecule has 5 rings (SSSR count). The van der Waals surface area contributed by atoms with Crippen LogP contribution in [0.2, 0.25) is 0 Å². The molecule has 1 aliphatic carbocycles. The highest BCUT2D eigenvalue weighted by molar-refractivity contribution is 9.10. The number of hydrogen-bond donors (Lipinski definition) is 0. The number of hydrogen-bond acceptors (Lipinski definition) is 2. The van der Waals surface area contributed by atoms with E-state index >= 15 is 0 Å². The van der Waals surface area contributed by atoms with Crippen LogP contribution >= 0.6 is 31.9 Å². The number of aromatic nitrogens is 2. The quantitative estimate of drug-likeness (QED) is 0.280. The summed E-state index contributed by atoms with van der Waals surface area (Å²) in [6, 6.07) is 26.3. The molecule has 0 amide bonds. The summed E-state index contributed by atoms with van der Waals surface area (Å²) in [5, 5.41) is 0. The molecule has 0 saturated heterocycles. The number of pyridine rings is 2. The van der Waals surface area contributed by atoms with Gasteiger partial charge >= 0.3 is 0 Å². The molecule has 2 aromatic heterocycles. The normalized spacial score (nSPS) is 23.0. The van der Waals surface area contributed by atoms with Crippen molar-refractivity contribution in [3.63, 3.8) is 0 Å². The zero-order valence-electron chi connectivity index (χ0n) is 16.2. The van der Waals surface area contributed by atoms with E-state index in [0.717, 1.165) is 8.95 Å². The monoisotopic (exact) mass is 518 g/mol. The molecule has 1 aliphatic rings. The molecule has 0 unspecified atom stereocenters. The molecule has 1 saturated carbocycles. The van der Waals surface area contributed by atoms with Gasteiger partial charge in [0.05, 0.1) is 0 Å². The lowest BCUT2D eigenvalue weighted by Crippen LogP contribution is -2.40. The van der Waals surface area contributed by atoms with E-state index in [9.17, 15) is 0 Å². The van der Waals surface area contributed by atoms with Gasteiger partial charge in [0.15, 0.2) is 0 Å². The first-order valence-corrected chi connectivity index (χ1v) is 11.6.